The molecular formula is C19H18N4O4S2. The van der Waals surface area contributed by atoms with Crippen molar-refractivity contribution >= 4 is 38.9 Å². The molecule has 4 rings (SSSR count). The van der Waals surface area contributed by atoms with Crippen LogP contribution in [0.1, 0.15) is 50.5 Å². The predicted molar refractivity (Wildman–Crippen MR) is 109 cm³/mol. The Kier molecular flexibility index (Phi) is 4.75. The maximum atomic E-state index is 12.8. The Hall–Kier alpha value is -2.98. The van der Waals surface area contributed by atoms with Gasteiger partial charge in [0.1, 0.15) is 10.6 Å². The number of aromatic nitrogens is 2. The first-order valence-electron chi connectivity index (χ1n) is 8.88. The molecule has 1 aliphatic rings. The van der Waals surface area contributed by atoms with E-state index in [1.165, 1.54) is 47.9 Å². The first kappa shape index (κ1) is 19.3. The van der Waals surface area contributed by atoms with Crippen LogP contribution in [0.15, 0.2) is 47.6 Å². The van der Waals surface area contributed by atoms with E-state index < -0.39 is 15.9 Å². The molecule has 0 atom stereocenters. The van der Waals surface area contributed by atoms with Crippen molar-refractivity contribution in [1.29, 1.82) is 0 Å². The van der Waals surface area contributed by atoms with Gasteiger partial charge in [0.15, 0.2) is 0 Å². The average molecular weight is 431 g/mol. The van der Waals surface area contributed by atoms with Crippen LogP contribution in [0.5, 0.6) is 0 Å². The zero-order valence-corrected chi connectivity index (χ0v) is 17.3. The standard InChI is InChI=1S/C19H18N4O4S2/c1-11(2)19-21-10-13(28-19)9-20-17(24)12-5-6-16-14(8-12)22-18(25)15-4-3-7-23(15)29(16,26)27/h3-8,10-11H,9H2,1-2H3,(H,20,24)(H,22,25). The molecule has 0 saturated carbocycles. The fraction of sp³-hybridized carbons (Fsp3) is 0.211. The summed E-state index contributed by atoms with van der Waals surface area (Å²) in [5, 5.41) is 6.37. The molecule has 2 aromatic heterocycles. The summed E-state index contributed by atoms with van der Waals surface area (Å²) in [7, 11) is -3.94. The zero-order chi connectivity index (χ0) is 20.8. The lowest BCUT2D eigenvalue weighted by Gasteiger charge is -2.10. The SMILES string of the molecule is CC(C)c1ncc(CNC(=O)c2ccc3c(c2)NC(=O)c2cccn2S3(=O)=O)s1. The molecule has 1 aliphatic heterocycles. The molecule has 2 N–H and O–H groups in total. The van der Waals surface area contributed by atoms with Crippen molar-refractivity contribution in [2.45, 2.75) is 31.2 Å². The van der Waals surface area contributed by atoms with Gasteiger partial charge in [0.05, 0.1) is 17.2 Å². The Bertz CT molecular complexity index is 1220. The summed E-state index contributed by atoms with van der Waals surface area (Å²) in [5.41, 5.74) is 0.337. The summed E-state index contributed by atoms with van der Waals surface area (Å²) in [6, 6.07) is 7.05. The highest BCUT2D eigenvalue weighted by Gasteiger charge is 2.30. The van der Waals surface area contributed by atoms with Gasteiger partial charge in [-0.25, -0.2) is 17.4 Å². The number of nitrogens with one attached hydrogen (secondary N) is 2. The Morgan fingerprint density at radius 3 is 2.83 bits per heavy atom. The van der Waals surface area contributed by atoms with E-state index in [2.05, 4.69) is 29.5 Å². The third-order valence-corrected chi connectivity index (χ3v) is 7.51. The van der Waals surface area contributed by atoms with Crippen LogP contribution in [0.3, 0.4) is 0 Å². The van der Waals surface area contributed by atoms with Crippen molar-refractivity contribution in [2.75, 3.05) is 5.32 Å². The average Bonchev–Trinajstić information content (AvgIpc) is 3.34. The van der Waals surface area contributed by atoms with Crippen LogP contribution >= 0.6 is 11.3 Å². The van der Waals surface area contributed by atoms with Crippen molar-refractivity contribution in [1.82, 2.24) is 14.3 Å². The smallest absolute Gasteiger partial charge is 0.273 e. The lowest BCUT2D eigenvalue weighted by atomic mass is 10.2. The van der Waals surface area contributed by atoms with Crippen LogP contribution in [0.25, 0.3) is 0 Å². The number of amides is 2. The maximum Gasteiger partial charge on any atom is 0.273 e. The van der Waals surface area contributed by atoms with E-state index in [1.54, 1.807) is 6.20 Å². The van der Waals surface area contributed by atoms with Gasteiger partial charge in [-0.3, -0.25) is 9.59 Å². The second-order valence-corrected chi connectivity index (χ2v) is 9.79. The topological polar surface area (TPSA) is 110 Å². The van der Waals surface area contributed by atoms with Crippen molar-refractivity contribution in [2.24, 2.45) is 0 Å². The molecular weight excluding hydrogens is 412 g/mol. The van der Waals surface area contributed by atoms with Gasteiger partial charge < -0.3 is 10.6 Å². The van der Waals surface area contributed by atoms with E-state index in [0.29, 0.717) is 12.5 Å². The van der Waals surface area contributed by atoms with E-state index >= 15 is 0 Å². The van der Waals surface area contributed by atoms with Crippen molar-refractivity contribution in [3.05, 3.63) is 63.9 Å². The number of fused-ring (bicyclic) bond motifs is 2. The summed E-state index contributed by atoms with van der Waals surface area (Å²) < 4.78 is 26.6. The molecule has 0 aliphatic carbocycles. The maximum absolute atomic E-state index is 12.8. The second kappa shape index (κ2) is 7.12. The highest BCUT2D eigenvalue weighted by Crippen LogP contribution is 2.29. The van der Waals surface area contributed by atoms with Crippen LogP contribution in [0.2, 0.25) is 0 Å². The monoisotopic (exact) mass is 430 g/mol. The summed E-state index contributed by atoms with van der Waals surface area (Å²) in [6.07, 6.45) is 3.05. The third-order valence-electron chi connectivity index (χ3n) is 4.46. The zero-order valence-electron chi connectivity index (χ0n) is 15.7. The van der Waals surface area contributed by atoms with Crippen LogP contribution < -0.4 is 10.6 Å². The Labute approximate surface area is 171 Å². The summed E-state index contributed by atoms with van der Waals surface area (Å²) in [5.74, 6) is -0.608. The van der Waals surface area contributed by atoms with Crippen LogP contribution in [-0.2, 0) is 16.6 Å². The molecule has 0 unspecified atom stereocenters. The van der Waals surface area contributed by atoms with Crippen molar-refractivity contribution in [3.63, 3.8) is 0 Å². The minimum absolute atomic E-state index is 0.0124. The molecule has 0 spiro atoms. The highest BCUT2D eigenvalue weighted by atomic mass is 32.2. The normalized spacial score (nSPS) is 14.7. The Balaban J connectivity index is 1.58. The molecule has 1 aromatic carbocycles. The van der Waals surface area contributed by atoms with Gasteiger partial charge in [-0.2, -0.15) is 0 Å². The third kappa shape index (κ3) is 3.45. The molecule has 8 nitrogen and oxygen atoms in total. The van der Waals surface area contributed by atoms with Gasteiger partial charge in [0, 0.05) is 28.8 Å². The van der Waals surface area contributed by atoms with Gasteiger partial charge in [-0.15, -0.1) is 11.3 Å². The van der Waals surface area contributed by atoms with E-state index in [9.17, 15) is 18.0 Å². The quantitative estimate of drug-likeness (QED) is 0.661. The van der Waals surface area contributed by atoms with Gasteiger partial charge in [0.2, 0.25) is 0 Å². The fourth-order valence-electron chi connectivity index (χ4n) is 2.98. The number of anilines is 1. The first-order chi connectivity index (χ1) is 13.8. The molecule has 150 valence electrons. The number of carbonyl (C=O) groups excluding carboxylic acids is 2. The van der Waals surface area contributed by atoms with Crippen LogP contribution in [0.4, 0.5) is 5.69 Å². The van der Waals surface area contributed by atoms with E-state index in [0.717, 1.165) is 13.9 Å². The second-order valence-electron chi connectivity index (χ2n) is 6.86. The molecule has 2 amide bonds. The Morgan fingerprint density at radius 1 is 1.31 bits per heavy atom. The van der Waals surface area contributed by atoms with Gasteiger partial charge in [-0.1, -0.05) is 13.8 Å². The number of thiazole rings is 1. The van der Waals surface area contributed by atoms with Crippen molar-refractivity contribution < 1.29 is 18.0 Å². The minimum atomic E-state index is -3.94. The molecule has 3 heterocycles. The van der Waals surface area contributed by atoms with E-state index in [4.69, 9.17) is 0 Å². The number of hydrogen-bond acceptors (Lipinski definition) is 6. The first-order valence-corrected chi connectivity index (χ1v) is 11.1. The molecule has 29 heavy (non-hydrogen) atoms. The number of carbonyl (C=O) groups is 2. The minimum Gasteiger partial charge on any atom is -0.347 e. The fourth-order valence-corrected chi connectivity index (χ4v) is 5.31. The van der Waals surface area contributed by atoms with Gasteiger partial charge in [-0.05, 0) is 30.3 Å². The van der Waals surface area contributed by atoms with Crippen molar-refractivity contribution in [3.8, 4) is 0 Å². The van der Waals surface area contributed by atoms with Gasteiger partial charge >= 0.3 is 0 Å². The lowest BCUT2D eigenvalue weighted by Crippen LogP contribution is -2.22. The van der Waals surface area contributed by atoms with Crippen LogP contribution in [-0.4, -0.2) is 29.2 Å². The van der Waals surface area contributed by atoms with Crippen LogP contribution in [0, 0.1) is 0 Å². The highest BCUT2D eigenvalue weighted by molar-refractivity contribution is 7.90. The largest absolute Gasteiger partial charge is 0.347 e. The molecule has 10 heteroatoms. The van der Waals surface area contributed by atoms with Gasteiger partial charge in [0.25, 0.3) is 21.8 Å². The predicted octanol–water partition coefficient (Wildman–Crippen LogP) is 2.80. The molecule has 0 saturated heterocycles. The summed E-state index contributed by atoms with van der Waals surface area (Å²) in [6.45, 7) is 4.42. The molecule has 0 fully saturated rings. The number of benzene rings is 1. The van der Waals surface area contributed by atoms with E-state index in [1.807, 2.05) is 0 Å². The molecule has 0 bridgehead atoms. The Morgan fingerprint density at radius 2 is 2.10 bits per heavy atom. The van der Waals surface area contributed by atoms with E-state index in [-0.39, 0.29) is 27.7 Å². The number of rotatable bonds is 4. The summed E-state index contributed by atoms with van der Waals surface area (Å²) in [4.78, 5) is 30.1. The lowest BCUT2D eigenvalue weighted by molar-refractivity contribution is 0.0949. The molecule has 0 radical (unpaired) electrons. The number of nitrogens with zero attached hydrogens (tertiary/aromatic N) is 2. The molecule has 3 aromatic rings. The summed E-state index contributed by atoms with van der Waals surface area (Å²) >= 11 is 1.53. The number of hydrogen-bond donors (Lipinski definition) is 2.